The molecule has 2 amide bonds. The molecule has 2 rings (SSSR count). The summed E-state index contributed by atoms with van der Waals surface area (Å²) in [6.45, 7) is 4.17. The van der Waals surface area contributed by atoms with Crippen molar-refractivity contribution < 1.29 is 9.59 Å². The lowest BCUT2D eigenvalue weighted by molar-refractivity contribution is -0.120. The Morgan fingerprint density at radius 1 is 1.40 bits per heavy atom. The first-order chi connectivity index (χ1) is 9.70. The van der Waals surface area contributed by atoms with E-state index in [-0.39, 0.29) is 17.7 Å². The fourth-order valence-corrected chi connectivity index (χ4v) is 2.32. The topological polar surface area (TPSA) is 70.2 Å². The van der Waals surface area contributed by atoms with Gasteiger partial charge < -0.3 is 16.0 Å². The normalized spacial score (nSPS) is 18.4. The SMILES string of the molecule is CCNC(=O)c1cccc(NC(=O)[C@@H]2CCCNC2)c1. The van der Waals surface area contributed by atoms with Crippen LogP contribution in [0.25, 0.3) is 0 Å². The smallest absolute Gasteiger partial charge is 0.251 e. The van der Waals surface area contributed by atoms with E-state index >= 15 is 0 Å². The predicted molar refractivity (Wildman–Crippen MR) is 78.7 cm³/mol. The number of benzene rings is 1. The summed E-state index contributed by atoms with van der Waals surface area (Å²) in [6.07, 6.45) is 1.94. The van der Waals surface area contributed by atoms with E-state index in [1.807, 2.05) is 6.92 Å². The van der Waals surface area contributed by atoms with Crippen LogP contribution < -0.4 is 16.0 Å². The summed E-state index contributed by atoms with van der Waals surface area (Å²) in [4.78, 5) is 23.9. The first-order valence-corrected chi connectivity index (χ1v) is 7.10. The molecule has 0 aromatic heterocycles. The largest absolute Gasteiger partial charge is 0.352 e. The van der Waals surface area contributed by atoms with Crippen LogP contribution >= 0.6 is 0 Å². The molecular formula is C15H21N3O2. The molecule has 1 aromatic carbocycles. The first kappa shape index (κ1) is 14.5. The van der Waals surface area contributed by atoms with E-state index < -0.39 is 0 Å². The van der Waals surface area contributed by atoms with Gasteiger partial charge in [0, 0.05) is 24.3 Å². The molecule has 1 atom stereocenters. The zero-order chi connectivity index (χ0) is 14.4. The lowest BCUT2D eigenvalue weighted by atomic mass is 9.99. The van der Waals surface area contributed by atoms with Gasteiger partial charge in [-0.05, 0) is 44.5 Å². The third kappa shape index (κ3) is 3.81. The van der Waals surface area contributed by atoms with E-state index in [4.69, 9.17) is 0 Å². The molecule has 20 heavy (non-hydrogen) atoms. The lowest BCUT2D eigenvalue weighted by Gasteiger charge is -2.22. The molecule has 0 unspecified atom stereocenters. The quantitative estimate of drug-likeness (QED) is 0.777. The molecule has 1 aliphatic heterocycles. The van der Waals surface area contributed by atoms with Crippen LogP contribution in [0.15, 0.2) is 24.3 Å². The number of hydrogen-bond acceptors (Lipinski definition) is 3. The Kier molecular flexibility index (Phi) is 5.12. The Bertz CT molecular complexity index is 482. The van der Waals surface area contributed by atoms with Gasteiger partial charge in [0.25, 0.3) is 5.91 Å². The van der Waals surface area contributed by atoms with Crippen LogP contribution in [0.2, 0.25) is 0 Å². The third-order valence-electron chi connectivity index (χ3n) is 3.40. The fraction of sp³-hybridized carbons (Fsp3) is 0.467. The molecule has 0 saturated carbocycles. The van der Waals surface area contributed by atoms with E-state index in [2.05, 4.69) is 16.0 Å². The predicted octanol–water partition coefficient (Wildman–Crippen LogP) is 1.37. The lowest BCUT2D eigenvalue weighted by Crippen LogP contribution is -2.37. The minimum Gasteiger partial charge on any atom is -0.352 e. The summed E-state index contributed by atoms with van der Waals surface area (Å²) < 4.78 is 0. The average Bonchev–Trinajstić information content (AvgIpc) is 2.48. The number of amides is 2. The van der Waals surface area contributed by atoms with E-state index in [0.717, 1.165) is 25.9 Å². The Morgan fingerprint density at radius 2 is 2.25 bits per heavy atom. The van der Waals surface area contributed by atoms with E-state index in [0.29, 0.717) is 17.8 Å². The molecule has 0 aliphatic carbocycles. The van der Waals surface area contributed by atoms with Crippen LogP contribution in [0, 0.1) is 5.92 Å². The standard InChI is InChI=1S/C15H21N3O2/c1-2-17-14(19)11-5-3-7-13(9-11)18-15(20)12-6-4-8-16-10-12/h3,5,7,9,12,16H,2,4,6,8,10H2,1H3,(H,17,19)(H,18,20)/t12-/m1/s1. The average molecular weight is 275 g/mol. The highest BCUT2D eigenvalue weighted by Gasteiger charge is 2.20. The number of hydrogen-bond donors (Lipinski definition) is 3. The summed E-state index contributed by atoms with van der Waals surface area (Å²) in [5.74, 6) is -0.0925. The summed E-state index contributed by atoms with van der Waals surface area (Å²) in [5.41, 5.74) is 1.23. The van der Waals surface area contributed by atoms with Crippen molar-refractivity contribution in [2.45, 2.75) is 19.8 Å². The maximum absolute atomic E-state index is 12.1. The van der Waals surface area contributed by atoms with Crippen LogP contribution in [0.5, 0.6) is 0 Å². The molecule has 108 valence electrons. The minimum atomic E-state index is -0.122. The van der Waals surface area contributed by atoms with Gasteiger partial charge in [-0.15, -0.1) is 0 Å². The molecular weight excluding hydrogens is 254 g/mol. The summed E-state index contributed by atoms with van der Waals surface area (Å²) in [7, 11) is 0. The Balaban J connectivity index is 2.00. The molecule has 1 aliphatic rings. The van der Waals surface area contributed by atoms with E-state index in [9.17, 15) is 9.59 Å². The van der Waals surface area contributed by atoms with Crippen molar-refractivity contribution in [1.82, 2.24) is 10.6 Å². The van der Waals surface area contributed by atoms with Crippen LogP contribution in [0.1, 0.15) is 30.1 Å². The molecule has 0 bridgehead atoms. The summed E-state index contributed by atoms with van der Waals surface area (Å²) in [6, 6.07) is 7.03. The van der Waals surface area contributed by atoms with Gasteiger partial charge in [0.15, 0.2) is 0 Å². The molecule has 1 aromatic rings. The molecule has 0 radical (unpaired) electrons. The van der Waals surface area contributed by atoms with Crippen LogP contribution in [-0.4, -0.2) is 31.4 Å². The van der Waals surface area contributed by atoms with Gasteiger partial charge in [-0.3, -0.25) is 9.59 Å². The van der Waals surface area contributed by atoms with Gasteiger partial charge in [0.05, 0.1) is 5.92 Å². The number of piperidine rings is 1. The zero-order valence-electron chi connectivity index (χ0n) is 11.7. The molecule has 1 heterocycles. The number of carbonyl (C=O) groups excluding carboxylic acids is 2. The highest BCUT2D eigenvalue weighted by atomic mass is 16.2. The van der Waals surface area contributed by atoms with Crippen molar-refractivity contribution in [3.63, 3.8) is 0 Å². The van der Waals surface area contributed by atoms with E-state index in [1.165, 1.54) is 0 Å². The number of nitrogens with one attached hydrogen (secondary N) is 3. The van der Waals surface area contributed by atoms with Crippen LogP contribution in [0.3, 0.4) is 0 Å². The first-order valence-electron chi connectivity index (χ1n) is 7.10. The second kappa shape index (κ2) is 7.05. The molecule has 1 fully saturated rings. The van der Waals surface area contributed by atoms with Crippen molar-refractivity contribution in [3.05, 3.63) is 29.8 Å². The fourth-order valence-electron chi connectivity index (χ4n) is 2.32. The van der Waals surface area contributed by atoms with Crippen molar-refractivity contribution >= 4 is 17.5 Å². The second-order valence-electron chi connectivity index (χ2n) is 4.97. The van der Waals surface area contributed by atoms with Gasteiger partial charge in [-0.2, -0.15) is 0 Å². The highest BCUT2D eigenvalue weighted by Crippen LogP contribution is 2.15. The molecule has 0 spiro atoms. The third-order valence-corrected chi connectivity index (χ3v) is 3.40. The number of anilines is 1. The number of rotatable bonds is 4. The van der Waals surface area contributed by atoms with Crippen molar-refractivity contribution in [1.29, 1.82) is 0 Å². The van der Waals surface area contributed by atoms with Crippen LogP contribution in [-0.2, 0) is 4.79 Å². The summed E-state index contributed by atoms with van der Waals surface area (Å²) in [5, 5.41) is 8.86. The Hall–Kier alpha value is -1.88. The highest BCUT2D eigenvalue weighted by molar-refractivity contribution is 5.97. The number of carbonyl (C=O) groups is 2. The van der Waals surface area contributed by atoms with Crippen molar-refractivity contribution in [2.75, 3.05) is 25.0 Å². The van der Waals surface area contributed by atoms with Crippen molar-refractivity contribution in [3.8, 4) is 0 Å². The van der Waals surface area contributed by atoms with E-state index in [1.54, 1.807) is 24.3 Å². The molecule has 3 N–H and O–H groups in total. The van der Waals surface area contributed by atoms with Gasteiger partial charge in [-0.1, -0.05) is 6.07 Å². The van der Waals surface area contributed by atoms with Crippen LogP contribution in [0.4, 0.5) is 5.69 Å². The van der Waals surface area contributed by atoms with Crippen molar-refractivity contribution in [2.24, 2.45) is 5.92 Å². The Morgan fingerprint density at radius 3 is 2.95 bits per heavy atom. The maximum Gasteiger partial charge on any atom is 0.251 e. The molecule has 5 nitrogen and oxygen atoms in total. The van der Waals surface area contributed by atoms with Gasteiger partial charge >= 0.3 is 0 Å². The Labute approximate surface area is 119 Å². The minimum absolute atomic E-state index is 0.0110. The van der Waals surface area contributed by atoms with Gasteiger partial charge in [0.2, 0.25) is 5.91 Å². The zero-order valence-corrected chi connectivity index (χ0v) is 11.7. The second-order valence-corrected chi connectivity index (χ2v) is 4.97. The molecule has 5 heteroatoms. The molecule has 1 saturated heterocycles. The maximum atomic E-state index is 12.1. The van der Waals surface area contributed by atoms with Gasteiger partial charge in [0.1, 0.15) is 0 Å². The van der Waals surface area contributed by atoms with Gasteiger partial charge in [-0.25, -0.2) is 0 Å². The summed E-state index contributed by atoms with van der Waals surface area (Å²) >= 11 is 0. The monoisotopic (exact) mass is 275 g/mol.